The molecule has 6 nitrogen and oxygen atoms in total. The lowest BCUT2D eigenvalue weighted by molar-refractivity contribution is 0.376. The molecule has 0 fully saturated rings. The summed E-state index contributed by atoms with van der Waals surface area (Å²) in [6.45, 7) is 0.242. The van der Waals surface area contributed by atoms with Gasteiger partial charge in [-0.3, -0.25) is 9.13 Å². The van der Waals surface area contributed by atoms with Gasteiger partial charge < -0.3 is 20.4 Å². The van der Waals surface area contributed by atoms with Crippen molar-refractivity contribution in [3.8, 4) is 0 Å². The Morgan fingerprint density at radius 1 is 1.17 bits per heavy atom. The Bertz CT molecular complexity index is 223. The van der Waals surface area contributed by atoms with Crippen LogP contribution >= 0.6 is 15.0 Å². The number of nitrogens with two attached hydrogens (primary N) is 1. The zero-order valence-electron chi connectivity index (χ0n) is 6.46. The Morgan fingerprint density at radius 3 is 2.00 bits per heavy atom. The molecule has 0 rings (SSSR count). The van der Waals surface area contributed by atoms with Gasteiger partial charge in [-0.2, -0.15) is 0 Å². The molecule has 0 aromatic heterocycles. The third-order valence-electron chi connectivity index (χ3n) is 1.12. The quantitative estimate of drug-likeness (QED) is 0.471. The Balaban J connectivity index is 4.05. The van der Waals surface area contributed by atoms with Crippen molar-refractivity contribution in [2.24, 2.45) is 5.73 Å². The molecule has 0 spiro atoms. The number of hydrogen-bond acceptors (Lipinski definition) is 3. The summed E-state index contributed by atoms with van der Waals surface area (Å²) in [6.07, 6.45) is 0.169. The molecule has 0 amide bonds. The molecule has 8 heteroatoms. The molecule has 0 radical (unpaired) electrons. The minimum Gasteiger partial charge on any atom is -0.344 e. The topological polar surface area (TPSA) is 121 Å². The zero-order chi connectivity index (χ0) is 9.83. The monoisotopic (exact) mass is 217 g/mol. The molecule has 0 saturated carbocycles. The molecule has 0 aliphatic rings. The number of rotatable bonds is 5. The van der Waals surface area contributed by atoms with Crippen LogP contribution in [-0.4, -0.2) is 33.3 Å². The van der Waals surface area contributed by atoms with Crippen molar-refractivity contribution in [1.82, 2.24) is 0 Å². The van der Waals surface area contributed by atoms with Gasteiger partial charge in [-0.1, -0.05) is 0 Å². The third kappa shape index (κ3) is 6.98. The molecule has 5 N–H and O–H groups in total. The van der Waals surface area contributed by atoms with Crippen LogP contribution in [0.25, 0.3) is 0 Å². The van der Waals surface area contributed by atoms with Gasteiger partial charge in [0.2, 0.25) is 7.37 Å². The van der Waals surface area contributed by atoms with E-state index < -0.39 is 20.9 Å². The van der Waals surface area contributed by atoms with E-state index in [1.807, 2.05) is 0 Å². The molecule has 0 bridgehead atoms. The molecule has 74 valence electrons. The molecule has 1 atom stereocenters. The molecule has 0 heterocycles. The zero-order valence-corrected chi connectivity index (χ0v) is 8.25. The summed E-state index contributed by atoms with van der Waals surface area (Å²) in [4.78, 5) is 25.8. The van der Waals surface area contributed by atoms with Gasteiger partial charge in [0.1, 0.15) is 5.90 Å². The summed E-state index contributed by atoms with van der Waals surface area (Å²) >= 11 is 0. The average molecular weight is 217 g/mol. The molecular weight excluding hydrogens is 204 g/mol. The van der Waals surface area contributed by atoms with Crippen LogP contribution in [0.3, 0.4) is 0 Å². The molecule has 0 aliphatic carbocycles. The van der Waals surface area contributed by atoms with Gasteiger partial charge in [-0.15, -0.1) is 0 Å². The van der Waals surface area contributed by atoms with Gasteiger partial charge in [0, 0.05) is 6.16 Å². The Hall–Kier alpha value is 0.300. The molecule has 1 unspecified atom stereocenters. The van der Waals surface area contributed by atoms with Crippen LogP contribution in [0.4, 0.5) is 0 Å². The smallest absolute Gasteiger partial charge is 0.335 e. The van der Waals surface area contributed by atoms with Crippen LogP contribution in [0, 0.1) is 0 Å². The van der Waals surface area contributed by atoms with Crippen molar-refractivity contribution >= 4 is 15.0 Å². The highest BCUT2D eigenvalue weighted by atomic mass is 31.2. The first-order valence-electron chi connectivity index (χ1n) is 3.32. The Labute approximate surface area is 70.4 Å². The van der Waals surface area contributed by atoms with E-state index in [2.05, 4.69) is 0 Å². The summed E-state index contributed by atoms with van der Waals surface area (Å²) in [5.74, 6) is -0.944. The lowest BCUT2D eigenvalue weighted by atomic mass is 10.5. The standard InChI is InChI=1S/C4H13NO5P2/c5-2-1-3-11(6,7)4-12(8,9)10/h1-5H2,(H,6,7)(H2,8,9,10). The minimum atomic E-state index is -4.38. The fourth-order valence-corrected chi connectivity index (χ4v) is 4.24. The van der Waals surface area contributed by atoms with E-state index in [1.165, 1.54) is 0 Å². The summed E-state index contributed by atoms with van der Waals surface area (Å²) < 4.78 is 21.3. The summed E-state index contributed by atoms with van der Waals surface area (Å²) in [7, 11) is -8.06. The molecule has 0 aromatic carbocycles. The average Bonchev–Trinajstić information content (AvgIpc) is 1.78. The van der Waals surface area contributed by atoms with Gasteiger partial charge in [-0.05, 0) is 13.0 Å². The van der Waals surface area contributed by atoms with Gasteiger partial charge in [-0.25, -0.2) is 0 Å². The van der Waals surface area contributed by atoms with E-state index >= 15 is 0 Å². The van der Waals surface area contributed by atoms with E-state index in [-0.39, 0.29) is 12.7 Å². The largest absolute Gasteiger partial charge is 0.344 e. The van der Waals surface area contributed by atoms with Gasteiger partial charge in [0.25, 0.3) is 0 Å². The molecule has 0 aliphatic heterocycles. The number of hydrogen-bond donors (Lipinski definition) is 4. The second kappa shape index (κ2) is 4.51. The lowest BCUT2D eigenvalue weighted by Gasteiger charge is -2.11. The van der Waals surface area contributed by atoms with E-state index in [0.717, 1.165) is 0 Å². The second-order valence-corrected chi connectivity index (χ2v) is 7.12. The van der Waals surface area contributed by atoms with Crippen molar-refractivity contribution in [3.05, 3.63) is 0 Å². The summed E-state index contributed by atoms with van der Waals surface area (Å²) in [6, 6.07) is 0. The van der Waals surface area contributed by atoms with Crippen molar-refractivity contribution in [2.75, 3.05) is 18.6 Å². The van der Waals surface area contributed by atoms with Crippen molar-refractivity contribution in [3.63, 3.8) is 0 Å². The van der Waals surface area contributed by atoms with E-state index in [9.17, 15) is 9.13 Å². The fraction of sp³-hybridized carbons (Fsp3) is 1.00. The molecular formula is C4H13NO5P2. The molecule has 0 saturated heterocycles. The van der Waals surface area contributed by atoms with Crippen molar-refractivity contribution < 1.29 is 23.8 Å². The van der Waals surface area contributed by atoms with Crippen LogP contribution in [0.15, 0.2) is 0 Å². The highest BCUT2D eigenvalue weighted by Gasteiger charge is 2.28. The Kier molecular flexibility index (Phi) is 4.62. The predicted octanol–water partition coefficient (Wildman–Crippen LogP) is -0.259. The SMILES string of the molecule is NCCCP(=O)(O)CP(=O)(O)O. The van der Waals surface area contributed by atoms with Crippen molar-refractivity contribution in [1.29, 1.82) is 0 Å². The second-order valence-electron chi connectivity index (χ2n) is 2.52. The van der Waals surface area contributed by atoms with Gasteiger partial charge in [0.15, 0.2) is 0 Å². The maximum absolute atomic E-state index is 11.0. The van der Waals surface area contributed by atoms with E-state index in [1.54, 1.807) is 0 Å². The summed E-state index contributed by atoms with van der Waals surface area (Å²) in [5, 5.41) is 0. The summed E-state index contributed by atoms with van der Waals surface area (Å²) in [5.41, 5.74) is 5.07. The lowest BCUT2D eigenvalue weighted by Crippen LogP contribution is -2.03. The van der Waals surface area contributed by atoms with Crippen LogP contribution < -0.4 is 5.73 Å². The first-order chi connectivity index (χ1) is 5.27. The first-order valence-corrected chi connectivity index (χ1v) is 7.15. The maximum Gasteiger partial charge on any atom is 0.335 e. The van der Waals surface area contributed by atoms with E-state index in [0.29, 0.717) is 6.42 Å². The highest BCUT2D eigenvalue weighted by Crippen LogP contribution is 2.54. The Morgan fingerprint density at radius 2 is 1.67 bits per heavy atom. The normalized spacial score (nSPS) is 17.3. The fourth-order valence-electron chi connectivity index (χ4n) is 0.697. The molecule has 0 aromatic rings. The van der Waals surface area contributed by atoms with Crippen LogP contribution in [0.5, 0.6) is 0 Å². The maximum atomic E-state index is 11.0. The minimum absolute atomic E-state index is 0.130. The highest BCUT2D eigenvalue weighted by molar-refractivity contribution is 7.72. The predicted molar refractivity (Wildman–Crippen MR) is 45.3 cm³/mol. The van der Waals surface area contributed by atoms with Gasteiger partial charge >= 0.3 is 7.60 Å². The van der Waals surface area contributed by atoms with Crippen LogP contribution in [0.1, 0.15) is 6.42 Å². The van der Waals surface area contributed by atoms with Crippen LogP contribution in [-0.2, 0) is 9.13 Å². The third-order valence-corrected chi connectivity index (χ3v) is 5.37. The van der Waals surface area contributed by atoms with E-state index in [4.69, 9.17) is 20.4 Å². The van der Waals surface area contributed by atoms with Crippen molar-refractivity contribution in [2.45, 2.75) is 6.42 Å². The molecule has 12 heavy (non-hydrogen) atoms. The first kappa shape index (κ1) is 12.3. The van der Waals surface area contributed by atoms with Crippen LogP contribution in [0.2, 0.25) is 0 Å². The van der Waals surface area contributed by atoms with Gasteiger partial charge in [0.05, 0.1) is 0 Å².